The van der Waals surface area contributed by atoms with Crippen molar-refractivity contribution in [2.45, 2.75) is 125 Å². The van der Waals surface area contributed by atoms with Crippen LogP contribution in [0.25, 0.3) is 0 Å². The monoisotopic (exact) mass is 528 g/mol. The maximum absolute atomic E-state index is 12.6. The summed E-state index contributed by atoms with van der Waals surface area (Å²) in [7, 11) is 0. The zero-order valence-electron chi connectivity index (χ0n) is 25.2. The van der Waals surface area contributed by atoms with E-state index in [9.17, 15) is 19.8 Å². The first-order chi connectivity index (χ1) is 17.5. The lowest BCUT2D eigenvalue weighted by molar-refractivity contribution is -0.167. The molecule has 0 heterocycles. The average molecular weight is 529 g/mol. The predicted molar refractivity (Wildman–Crippen MR) is 150 cm³/mol. The van der Waals surface area contributed by atoms with Gasteiger partial charge in [0.25, 0.3) is 0 Å². The first kappa shape index (κ1) is 29.4. The van der Waals surface area contributed by atoms with Crippen molar-refractivity contribution in [3.05, 3.63) is 23.3 Å². The van der Waals surface area contributed by atoms with Gasteiger partial charge in [-0.1, -0.05) is 71.8 Å². The van der Waals surface area contributed by atoms with Crippen molar-refractivity contribution >= 4 is 11.9 Å². The number of esters is 1. The molecule has 0 spiro atoms. The van der Waals surface area contributed by atoms with Gasteiger partial charge in [-0.2, -0.15) is 0 Å². The molecule has 4 rings (SSSR count). The summed E-state index contributed by atoms with van der Waals surface area (Å²) in [4.78, 5) is 24.5. The number of fused-ring (bicyclic) bond motifs is 4. The summed E-state index contributed by atoms with van der Waals surface area (Å²) in [6, 6.07) is 0. The maximum Gasteiger partial charge on any atom is 0.306 e. The molecule has 0 bridgehead atoms. The number of hydrogen-bond acceptors (Lipinski definition) is 4. The smallest absolute Gasteiger partial charge is 0.306 e. The molecule has 2 N–H and O–H groups in total. The third-order valence-electron chi connectivity index (χ3n) is 12.4. The van der Waals surface area contributed by atoms with Crippen LogP contribution in [0.1, 0.15) is 113 Å². The van der Waals surface area contributed by atoms with Gasteiger partial charge in [0.05, 0.1) is 12.0 Å². The zero-order chi connectivity index (χ0) is 28.4. The van der Waals surface area contributed by atoms with Gasteiger partial charge in [0.15, 0.2) is 0 Å². The fourth-order valence-corrected chi connectivity index (χ4v) is 9.98. The van der Waals surface area contributed by atoms with E-state index in [0.29, 0.717) is 31.1 Å². The number of carbonyl (C=O) groups excluding carboxylic acids is 1. The molecule has 4 aliphatic rings. The Bertz CT molecular complexity index is 1020. The zero-order valence-corrected chi connectivity index (χ0v) is 25.2. The van der Waals surface area contributed by atoms with E-state index in [0.717, 1.165) is 44.1 Å². The van der Waals surface area contributed by atoms with E-state index < -0.39 is 18.0 Å². The Morgan fingerprint density at radius 1 is 1.05 bits per heavy atom. The van der Waals surface area contributed by atoms with E-state index in [1.807, 2.05) is 0 Å². The first-order valence-electron chi connectivity index (χ1n) is 15.0. The van der Waals surface area contributed by atoms with Crippen molar-refractivity contribution in [3.8, 4) is 0 Å². The molecule has 0 aromatic carbocycles. The number of carboxylic acids is 1. The summed E-state index contributed by atoms with van der Waals surface area (Å²) < 4.78 is 5.82. The Morgan fingerprint density at radius 2 is 1.71 bits per heavy atom. The van der Waals surface area contributed by atoms with Crippen LogP contribution in [0.5, 0.6) is 0 Å². The Hall–Kier alpha value is -1.62. The van der Waals surface area contributed by atoms with Crippen molar-refractivity contribution in [1.82, 2.24) is 0 Å². The second kappa shape index (κ2) is 9.78. The lowest BCUT2D eigenvalue weighted by atomic mass is 9.43. The molecule has 0 aromatic rings. The molecular formula is C33H52O5. The Morgan fingerprint density at radius 3 is 2.29 bits per heavy atom. The Labute approximate surface area is 230 Å². The lowest BCUT2D eigenvalue weighted by Crippen LogP contribution is -2.56. The van der Waals surface area contributed by atoms with Crippen molar-refractivity contribution in [3.63, 3.8) is 0 Å². The summed E-state index contributed by atoms with van der Waals surface area (Å²) in [5.41, 5.74) is 3.62. The summed E-state index contributed by atoms with van der Waals surface area (Å²) in [5.74, 6) is -1.05. The third-order valence-corrected chi connectivity index (χ3v) is 12.4. The Balaban J connectivity index is 1.69. The molecule has 5 heteroatoms. The minimum absolute atomic E-state index is 0.0440. The van der Waals surface area contributed by atoms with Crippen LogP contribution in [0.3, 0.4) is 0 Å². The highest BCUT2D eigenvalue weighted by molar-refractivity contribution is 5.71. The van der Waals surface area contributed by atoms with Gasteiger partial charge in [-0.25, -0.2) is 0 Å². The number of ether oxygens (including phenoxy) is 1. The number of aliphatic carboxylic acids is 1. The minimum atomic E-state index is -0.780. The molecule has 0 amide bonds. The molecule has 214 valence electrons. The van der Waals surface area contributed by atoms with Gasteiger partial charge >= 0.3 is 11.9 Å². The van der Waals surface area contributed by atoms with E-state index in [1.165, 1.54) is 12.5 Å². The summed E-state index contributed by atoms with van der Waals surface area (Å²) in [5, 5.41) is 22.0. The largest absolute Gasteiger partial charge is 0.481 e. The fourth-order valence-electron chi connectivity index (χ4n) is 9.98. The van der Waals surface area contributed by atoms with Crippen LogP contribution in [-0.2, 0) is 14.3 Å². The average Bonchev–Trinajstić information content (AvgIpc) is 3.01. The molecule has 0 radical (unpaired) electrons. The summed E-state index contributed by atoms with van der Waals surface area (Å²) >= 11 is 0. The van der Waals surface area contributed by atoms with Crippen molar-refractivity contribution in [2.75, 3.05) is 0 Å². The highest BCUT2D eigenvalue weighted by Crippen LogP contribution is 2.72. The molecular weight excluding hydrogens is 476 g/mol. The van der Waals surface area contributed by atoms with E-state index in [2.05, 4.69) is 55.0 Å². The molecule has 38 heavy (non-hydrogen) atoms. The first-order valence-corrected chi connectivity index (χ1v) is 15.0. The van der Waals surface area contributed by atoms with Crippen LogP contribution < -0.4 is 0 Å². The van der Waals surface area contributed by atoms with Gasteiger partial charge in [0.1, 0.15) is 6.10 Å². The van der Waals surface area contributed by atoms with Crippen LogP contribution in [-0.4, -0.2) is 34.4 Å². The second-order valence-electron chi connectivity index (χ2n) is 14.8. The molecule has 4 unspecified atom stereocenters. The normalized spacial score (nSPS) is 40.7. The van der Waals surface area contributed by atoms with E-state index in [-0.39, 0.29) is 39.7 Å². The molecule has 0 aromatic heterocycles. The number of aliphatic hydroxyl groups excluding tert-OH is 1. The second-order valence-corrected chi connectivity index (χ2v) is 14.8. The number of hydrogen-bond donors (Lipinski definition) is 2. The van der Waals surface area contributed by atoms with Crippen LogP contribution in [0, 0.1) is 45.3 Å². The van der Waals surface area contributed by atoms with Gasteiger partial charge in [0, 0.05) is 18.3 Å². The van der Waals surface area contributed by atoms with Crippen molar-refractivity contribution < 1.29 is 24.5 Å². The van der Waals surface area contributed by atoms with Gasteiger partial charge in [0.2, 0.25) is 0 Å². The summed E-state index contributed by atoms with van der Waals surface area (Å²) in [6.07, 6.45) is 6.98. The molecule has 8 atom stereocenters. The van der Waals surface area contributed by atoms with Crippen LogP contribution in [0.15, 0.2) is 23.3 Å². The lowest BCUT2D eigenvalue weighted by Gasteiger charge is -2.62. The van der Waals surface area contributed by atoms with Gasteiger partial charge in [-0.05, 0) is 85.9 Å². The van der Waals surface area contributed by atoms with E-state index in [1.54, 1.807) is 5.57 Å². The number of carbonyl (C=O) groups is 2. The van der Waals surface area contributed by atoms with Gasteiger partial charge in [-0.15, -0.1) is 0 Å². The van der Waals surface area contributed by atoms with E-state index in [4.69, 9.17) is 4.74 Å². The highest BCUT2D eigenvalue weighted by atomic mass is 16.5. The highest BCUT2D eigenvalue weighted by Gasteiger charge is 2.66. The van der Waals surface area contributed by atoms with E-state index >= 15 is 0 Å². The number of rotatable bonds is 7. The van der Waals surface area contributed by atoms with Crippen LogP contribution in [0.4, 0.5) is 0 Å². The number of aliphatic hydroxyl groups is 1. The minimum Gasteiger partial charge on any atom is -0.481 e. The van der Waals surface area contributed by atoms with Crippen molar-refractivity contribution in [2.24, 2.45) is 45.3 Å². The third kappa shape index (κ3) is 4.30. The quantitative estimate of drug-likeness (QED) is 0.267. The van der Waals surface area contributed by atoms with Gasteiger partial charge < -0.3 is 14.9 Å². The van der Waals surface area contributed by atoms with Crippen LogP contribution >= 0.6 is 0 Å². The topological polar surface area (TPSA) is 83.8 Å². The standard InChI is InChI=1S/C33H52O5/c1-19(2)20(3)10-11-22(29(36)37)28-25(35)18-33(9)24-12-13-26-30(5,6)27(38-21(4)34)15-16-31(26,7)23(24)14-17-32(28,33)8/h19,22,25-28,35H,3,10-18H2,1-2,4-9H3,(H,36,37)/t22?,25?,26?,27-,28-,31+,32+,33?/m0/s1. The predicted octanol–water partition coefficient (Wildman–Crippen LogP) is 7.33. The molecule has 4 aliphatic carbocycles. The van der Waals surface area contributed by atoms with Crippen LogP contribution in [0.2, 0.25) is 0 Å². The van der Waals surface area contributed by atoms with Crippen molar-refractivity contribution in [1.29, 1.82) is 0 Å². The molecule has 2 saturated carbocycles. The summed E-state index contributed by atoms with van der Waals surface area (Å²) in [6.45, 7) is 21.5. The number of carboxylic acid groups (broad SMARTS) is 1. The SMILES string of the molecule is C=C(CCC(C(=O)O)[C@H]1C(O)CC2(C)C3=C(CC[C@]12C)[C@@]1(C)CC[C@H](OC(C)=O)C(C)(C)C1CC3)C(C)C. The molecule has 5 nitrogen and oxygen atoms in total. The Kier molecular flexibility index (Phi) is 7.56. The fraction of sp³-hybridized carbons (Fsp3) is 0.818. The molecule has 0 saturated heterocycles. The molecule has 2 fully saturated rings. The van der Waals surface area contributed by atoms with Gasteiger partial charge in [-0.3, -0.25) is 9.59 Å². The number of allylic oxidation sites excluding steroid dienone is 3. The maximum atomic E-state index is 12.6. The molecule has 0 aliphatic heterocycles.